The molecule has 204 valence electrons. The number of carbonyl (C=O) groups excluding carboxylic acids is 3. The molecule has 0 aromatic heterocycles. The van der Waals surface area contributed by atoms with Gasteiger partial charge in [0.25, 0.3) is 0 Å². The second-order valence-corrected chi connectivity index (χ2v) is 13.7. The van der Waals surface area contributed by atoms with Crippen molar-refractivity contribution in [3.05, 3.63) is 23.4 Å². The number of nitrogens with zero attached hydrogens (tertiary/aromatic N) is 1. The van der Waals surface area contributed by atoms with Gasteiger partial charge in [0, 0.05) is 41.3 Å². The zero-order chi connectivity index (χ0) is 25.8. The molecule has 6 nitrogen and oxygen atoms in total. The molecule has 1 spiro atoms. The molecule has 3 heterocycles. The van der Waals surface area contributed by atoms with Gasteiger partial charge >= 0.3 is 5.97 Å². The van der Waals surface area contributed by atoms with Crippen molar-refractivity contribution in [2.75, 3.05) is 13.7 Å². The summed E-state index contributed by atoms with van der Waals surface area (Å²) in [6, 6.07) is 0. The van der Waals surface area contributed by atoms with E-state index in [0.29, 0.717) is 5.92 Å². The topological polar surface area (TPSA) is 72.9 Å². The van der Waals surface area contributed by atoms with E-state index in [4.69, 9.17) is 9.47 Å². The number of fused-ring (bicyclic) bond motifs is 6. The number of rotatable bonds is 2. The maximum Gasteiger partial charge on any atom is 0.306 e. The second kappa shape index (κ2) is 8.42. The third-order valence-electron chi connectivity index (χ3n) is 11.5. The Kier molecular flexibility index (Phi) is 6.13. The lowest BCUT2D eigenvalue weighted by molar-refractivity contribution is -0.198. The molecule has 6 rings (SSSR count). The van der Waals surface area contributed by atoms with Crippen LogP contribution in [0.4, 0.5) is 0 Å². The Hall–Kier alpha value is -1.66. The van der Waals surface area contributed by atoms with E-state index < -0.39 is 10.8 Å². The van der Waals surface area contributed by atoms with E-state index in [-0.39, 0.29) is 77.8 Å². The zero-order valence-electron chi connectivity index (χ0n) is 23.1. The highest BCUT2D eigenvalue weighted by Crippen LogP contribution is 2.71. The number of piperidine rings is 1. The van der Waals surface area contributed by atoms with Crippen LogP contribution >= 0.6 is 12.4 Å². The van der Waals surface area contributed by atoms with E-state index in [0.717, 1.165) is 44.2 Å². The van der Waals surface area contributed by atoms with E-state index in [1.54, 1.807) is 6.08 Å². The lowest BCUT2D eigenvalue weighted by Crippen LogP contribution is -2.67. The summed E-state index contributed by atoms with van der Waals surface area (Å²) in [6.45, 7) is 11.9. The van der Waals surface area contributed by atoms with Crippen LogP contribution in [0.5, 0.6) is 0 Å². The molecule has 0 aromatic rings. The number of esters is 1. The van der Waals surface area contributed by atoms with Crippen molar-refractivity contribution in [3.63, 3.8) is 0 Å². The van der Waals surface area contributed by atoms with Gasteiger partial charge in [0.1, 0.15) is 11.5 Å². The molecule has 37 heavy (non-hydrogen) atoms. The fourth-order valence-electron chi connectivity index (χ4n) is 9.84. The summed E-state index contributed by atoms with van der Waals surface area (Å²) in [5.74, 6) is -0.00613. The van der Waals surface area contributed by atoms with Gasteiger partial charge in [-0.3, -0.25) is 14.4 Å². The van der Waals surface area contributed by atoms with E-state index in [1.165, 1.54) is 12.8 Å². The van der Waals surface area contributed by atoms with Crippen LogP contribution in [0.2, 0.25) is 0 Å². The van der Waals surface area contributed by atoms with Gasteiger partial charge in [-0.15, -0.1) is 12.4 Å². The average Bonchev–Trinajstić information content (AvgIpc) is 3.06. The second-order valence-electron chi connectivity index (χ2n) is 13.7. The fraction of sp³-hybridized carbons (Fsp3) is 0.767. The largest absolute Gasteiger partial charge is 0.469 e. The zero-order valence-corrected chi connectivity index (χ0v) is 23.9. The van der Waals surface area contributed by atoms with Crippen LogP contribution < -0.4 is 0 Å². The maximum atomic E-state index is 14.1. The molecule has 3 aliphatic carbocycles. The van der Waals surface area contributed by atoms with E-state index in [1.807, 2.05) is 6.92 Å². The van der Waals surface area contributed by atoms with Crippen molar-refractivity contribution in [3.8, 4) is 0 Å². The van der Waals surface area contributed by atoms with Crippen LogP contribution in [-0.2, 0) is 23.9 Å². The van der Waals surface area contributed by atoms with Crippen LogP contribution in [0.3, 0.4) is 0 Å². The normalized spacial score (nSPS) is 47.9. The highest BCUT2D eigenvalue weighted by Gasteiger charge is 2.71. The molecule has 1 saturated carbocycles. The SMILES string of the molecule is COC(=O)C[C@@]1(C)[C@H]2C(=O)C[C@@H]3C(=O)C=C(C)C[C@H]3[C@]2(C)C=C2N3C[C@H]4C[C@H](C)C[C@]3(CC[C@]21C)O4.Cl. The van der Waals surface area contributed by atoms with Crippen LogP contribution in [-0.4, -0.2) is 47.9 Å². The van der Waals surface area contributed by atoms with Gasteiger partial charge in [0.05, 0.1) is 19.6 Å². The van der Waals surface area contributed by atoms with Gasteiger partial charge in [-0.05, 0) is 62.4 Å². The Balaban J connectivity index is 0.00000280. The van der Waals surface area contributed by atoms with Crippen molar-refractivity contribution in [2.24, 2.45) is 39.9 Å². The maximum absolute atomic E-state index is 14.1. The summed E-state index contributed by atoms with van der Waals surface area (Å²) in [5.41, 5.74) is 0.522. The summed E-state index contributed by atoms with van der Waals surface area (Å²) >= 11 is 0. The third kappa shape index (κ3) is 3.43. The van der Waals surface area contributed by atoms with Gasteiger partial charge in [-0.25, -0.2) is 0 Å². The quantitative estimate of drug-likeness (QED) is 0.453. The van der Waals surface area contributed by atoms with Crippen molar-refractivity contribution in [2.45, 2.75) is 91.4 Å². The van der Waals surface area contributed by atoms with Gasteiger partial charge in [0.2, 0.25) is 0 Å². The van der Waals surface area contributed by atoms with Crippen LogP contribution in [0.1, 0.15) is 79.6 Å². The minimum atomic E-state index is -0.622. The molecule has 7 heteroatoms. The number of methoxy groups -OCH3 is 1. The molecular formula is C30H42ClNO5. The van der Waals surface area contributed by atoms with Crippen LogP contribution in [0, 0.1) is 39.9 Å². The molecule has 0 N–H and O–H groups in total. The third-order valence-corrected chi connectivity index (χ3v) is 11.5. The Morgan fingerprint density at radius 3 is 2.62 bits per heavy atom. The first kappa shape index (κ1) is 26.9. The predicted octanol–water partition coefficient (Wildman–Crippen LogP) is 5.25. The minimum Gasteiger partial charge on any atom is -0.469 e. The van der Waals surface area contributed by atoms with Gasteiger partial charge in [0.15, 0.2) is 5.78 Å². The molecule has 0 aromatic carbocycles. The number of ketones is 2. The molecule has 2 bridgehead atoms. The van der Waals surface area contributed by atoms with Crippen LogP contribution in [0.25, 0.3) is 0 Å². The molecule has 0 amide bonds. The first-order chi connectivity index (χ1) is 16.9. The predicted molar refractivity (Wildman–Crippen MR) is 142 cm³/mol. The number of carbonyl (C=O) groups is 3. The number of hydrogen-bond acceptors (Lipinski definition) is 6. The van der Waals surface area contributed by atoms with Crippen molar-refractivity contribution in [1.29, 1.82) is 0 Å². The molecule has 0 radical (unpaired) electrons. The lowest BCUT2D eigenvalue weighted by atomic mass is 9.38. The number of Topliss-reactive ketones (excluding diaryl/α,β-unsaturated/α-hetero) is 1. The average molecular weight is 532 g/mol. The van der Waals surface area contributed by atoms with Gasteiger partial charge in [-0.2, -0.15) is 0 Å². The first-order valence-corrected chi connectivity index (χ1v) is 13.9. The first-order valence-electron chi connectivity index (χ1n) is 13.9. The summed E-state index contributed by atoms with van der Waals surface area (Å²) in [5, 5.41) is 0. The molecule has 4 fully saturated rings. The fourth-order valence-corrected chi connectivity index (χ4v) is 9.84. The monoisotopic (exact) mass is 531 g/mol. The van der Waals surface area contributed by atoms with Crippen molar-refractivity contribution in [1.82, 2.24) is 4.90 Å². The Morgan fingerprint density at radius 1 is 1.19 bits per heavy atom. The van der Waals surface area contributed by atoms with Crippen molar-refractivity contribution >= 4 is 29.9 Å². The lowest BCUT2D eigenvalue weighted by Gasteiger charge is -2.67. The highest BCUT2D eigenvalue weighted by molar-refractivity contribution is 5.99. The molecular weight excluding hydrogens is 490 g/mol. The molecule has 3 aliphatic heterocycles. The Labute approximate surface area is 227 Å². The van der Waals surface area contributed by atoms with E-state index in [2.05, 4.69) is 38.7 Å². The van der Waals surface area contributed by atoms with E-state index in [9.17, 15) is 14.4 Å². The number of allylic oxidation sites excluding steroid dienone is 4. The number of halogens is 1. The smallest absolute Gasteiger partial charge is 0.306 e. The van der Waals surface area contributed by atoms with Crippen molar-refractivity contribution < 1.29 is 23.9 Å². The number of ether oxygens (including phenoxy) is 2. The van der Waals surface area contributed by atoms with Crippen LogP contribution in [0.15, 0.2) is 23.4 Å². The molecule has 6 aliphatic rings. The standard InChI is InChI=1S/C30H41NO5.ClH/c1-17-10-21-20(22(32)11-17)12-23(33)26-27(21,3)14-24-28(4,29(26,5)15-25(34)35-6)7-8-30-13-18(2)9-19(36-30)16-31(24)30;/h11,14,18-21,26H,7-10,12-13,15-16H2,1-6H3;1H/t18-,19+,20-,21+,26-,27-,28+,29-,30-;/m0./s1. The summed E-state index contributed by atoms with van der Waals surface area (Å²) in [6.07, 6.45) is 9.51. The Bertz CT molecular complexity index is 1120. The van der Waals surface area contributed by atoms with Gasteiger partial charge < -0.3 is 14.4 Å². The summed E-state index contributed by atoms with van der Waals surface area (Å²) in [4.78, 5) is 42.7. The van der Waals surface area contributed by atoms with E-state index >= 15 is 0 Å². The number of hydrogen-bond donors (Lipinski definition) is 0. The highest BCUT2D eigenvalue weighted by atomic mass is 35.5. The summed E-state index contributed by atoms with van der Waals surface area (Å²) in [7, 11) is 1.44. The summed E-state index contributed by atoms with van der Waals surface area (Å²) < 4.78 is 11.9. The molecule has 3 saturated heterocycles. The molecule has 0 unspecified atom stereocenters. The molecule has 9 atom stereocenters. The van der Waals surface area contributed by atoms with Gasteiger partial charge in [-0.1, -0.05) is 39.3 Å². The Morgan fingerprint density at radius 2 is 1.92 bits per heavy atom. The minimum absolute atomic E-state index is 0.